The van der Waals surface area contributed by atoms with E-state index in [2.05, 4.69) is 5.10 Å². The van der Waals surface area contributed by atoms with E-state index in [9.17, 15) is 9.59 Å². The largest absolute Gasteiger partial charge is 0.481 e. The third-order valence-corrected chi connectivity index (χ3v) is 5.13. The lowest BCUT2D eigenvalue weighted by molar-refractivity contribution is -0.137. The first-order valence-corrected chi connectivity index (χ1v) is 9.14. The van der Waals surface area contributed by atoms with Gasteiger partial charge in [-0.1, -0.05) is 35.9 Å². The summed E-state index contributed by atoms with van der Waals surface area (Å²) in [6.45, 7) is 2.03. The number of carboxylic acids is 1. The van der Waals surface area contributed by atoms with Crippen molar-refractivity contribution in [3.63, 3.8) is 0 Å². The number of carbonyl (C=O) groups is 2. The third kappa shape index (κ3) is 4.14. The lowest BCUT2D eigenvalue weighted by atomic mass is 10.00. The minimum absolute atomic E-state index is 0.00370. The molecule has 1 aromatic carbocycles. The minimum Gasteiger partial charge on any atom is -0.481 e. The fourth-order valence-electron chi connectivity index (χ4n) is 2.89. The molecule has 1 unspecified atom stereocenters. The zero-order chi connectivity index (χ0) is 17.8. The maximum atomic E-state index is 12.6. The first-order valence-electron chi connectivity index (χ1n) is 8.26. The van der Waals surface area contributed by atoms with Gasteiger partial charge in [-0.25, -0.2) is 5.01 Å². The molecule has 1 atom stereocenters. The maximum absolute atomic E-state index is 12.6. The molecule has 1 N–H and O–H groups in total. The van der Waals surface area contributed by atoms with E-state index in [-0.39, 0.29) is 24.8 Å². The molecule has 130 valence electrons. The van der Waals surface area contributed by atoms with Crippen molar-refractivity contribution in [2.75, 3.05) is 0 Å². The predicted octanol–water partition coefficient (Wildman–Crippen LogP) is 3.99. The van der Waals surface area contributed by atoms with E-state index in [1.54, 1.807) is 16.3 Å². The molecule has 1 aromatic heterocycles. The van der Waals surface area contributed by atoms with Crippen LogP contribution in [0.2, 0.25) is 0 Å². The van der Waals surface area contributed by atoms with Gasteiger partial charge in [0.25, 0.3) is 0 Å². The Hall–Kier alpha value is -2.47. The number of amides is 1. The summed E-state index contributed by atoms with van der Waals surface area (Å²) in [6.07, 6.45) is 1.19. The number of benzene rings is 1. The van der Waals surface area contributed by atoms with Crippen molar-refractivity contribution in [1.29, 1.82) is 0 Å². The fraction of sp³-hybridized carbons (Fsp3) is 0.316. The Labute approximate surface area is 150 Å². The van der Waals surface area contributed by atoms with E-state index >= 15 is 0 Å². The Morgan fingerprint density at radius 3 is 2.64 bits per heavy atom. The second kappa shape index (κ2) is 7.61. The smallest absolute Gasteiger partial charge is 0.303 e. The zero-order valence-corrected chi connectivity index (χ0v) is 14.8. The van der Waals surface area contributed by atoms with Gasteiger partial charge in [-0.3, -0.25) is 9.59 Å². The minimum atomic E-state index is -0.882. The summed E-state index contributed by atoms with van der Waals surface area (Å²) < 4.78 is 0. The van der Waals surface area contributed by atoms with Crippen molar-refractivity contribution in [2.24, 2.45) is 5.10 Å². The van der Waals surface area contributed by atoms with Crippen LogP contribution in [0.5, 0.6) is 0 Å². The van der Waals surface area contributed by atoms with Gasteiger partial charge >= 0.3 is 5.97 Å². The molecule has 3 rings (SSSR count). The van der Waals surface area contributed by atoms with Crippen molar-refractivity contribution < 1.29 is 14.7 Å². The molecule has 1 aliphatic rings. The summed E-state index contributed by atoms with van der Waals surface area (Å²) in [6, 6.07) is 12.0. The van der Waals surface area contributed by atoms with Crippen LogP contribution in [0.4, 0.5) is 0 Å². The van der Waals surface area contributed by atoms with Crippen LogP contribution in [0.25, 0.3) is 0 Å². The highest BCUT2D eigenvalue weighted by Crippen LogP contribution is 2.34. The van der Waals surface area contributed by atoms with E-state index in [0.717, 1.165) is 16.2 Å². The van der Waals surface area contributed by atoms with Gasteiger partial charge in [0.15, 0.2) is 0 Å². The Bertz CT molecular complexity index is 782. The lowest BCUT2D eigenvalue weighted by Crippen LogP contribution is -2.27. The number of hydrogen-bond donors (Lipinski definition) is 1. The second-order valence-electron chi connectivity index (χ2n) is 6.14. The quantitative estimate of drug-likeness (QED) is 0.851. The normalized spacial score (nSPS) is 16.8. The summed E-state index contributed by atoms with van der Waals surface area (Å²) in [5.74, 6) is -1.01. The third-order valence-electron chi connectivity index (χ3n) is 4.21. The number of rotatable bonds is 6. The van der Waals surface area contributed by atoms with Crippen LogP contribution in [0.15, 0.2) is 46.9 Å². The molecule has 1 aliphatic heterocycles. The highest BCUT2D eigenvalue weighted by molar-refractivity contribution is 7.12. The van der Waals surface area contributed by atoms with Crippen LogP contribution in [0.1, 0.15) is 47.7 Å². The van der Waals surface area contributed by atoms with Crippen molar-refractivity contribution in [3.8, 4) is 0 Å². The molecule has 0 bridgehead atoms. The first kappa shape index (κ1) is 17.4. The summed E-state index contributed by atoms with van der Waals surface area (Å²) in [7, 11) is 0. The molecule has 0 saturated carbocycles. The molecule has 0 radical (unpaired) electrons. The molecular formula is C19H20N2O3S. The molecule has 2 heterocycles. The maximum Gasteiger partial charge on any atom is 0.303 e. The molecule has 6 heteroatoms. The van der Waals surface area contributed by atoms with Gasteiger partial charge in [-0.15, -0.1) is 11.3 Å². The average Bonchev–Trinajstić information content (AvgIpc) is 3.24. The standard InChI is InChI=1S/C19H20N2O3S/c1-13-7-9-14(10-8-13)16-12-15(17-4-3-11-25-17)20-21(16)18(22)5-2-6-19(23)24/h3-4,7-11,16H,2,5-6,12H2,1H3,(H,23,24). The van der Waals surface area contributed by atoms with Gasteiger partial charge in [0.05, 0.1) is 16.6 Å². The van der Waals surface area contributed by atoms with Crippen molar-refractivity contribution in [2.45, 2.75) is 38.6 Å². The van der Waals surface area contributed by atoms with Crippen molar-refractivity contribution in [3.05, 3.63) is 57.8 Å². The molecule has 2 aromatic rings. The van der Waals surface area contributed by atoms with Crippen LogP contribution in [0, 0.1) is 6.92 Å². The molecule has 5 nitrogen and oxygen atoms in total. The number of thiophene rings is 1. The fourth-order valence-corrected chi connectivity index (χ4v) is 3.61. The number of hydrogen-bond acceptors (Lipinski definition) is 4. The number of carbonyl (C=O) groups excluding carboxylic acids is 1. The molecule has 0 spiro atoms. The van der Waals surface area contributed by atoms with Gasteiger partial charge in [0.1, 0.15) is 0 Å². The monoisotopic (exact) mass is 356 g/mol. The number of hydrazone groups is 1. The number of aliphatic carboxylic acids is 1. The highest BCUT2D eigenvalue weighted by Gasteiger charge is 2.33. The number of aryl methyl sites for hydroxylation is 1. The summed E-state index contributed by atoms with van der Waals surface area (Å²) in [5, 5.41) is 16.9. The molecule has 25 heavy (non-hydrogen) atoms. The van der Waals surface area contributed by atoms with E-state index in [0.29, 0.717) is 12.8 Å². The Morgan fingerprint density at radius 1 is 1.24 bits per heavy atom. The molecule has 0 fully saturated rings. The van der Waals surface area contributed by atoms with Crippen LogP contribution in [-0.4, -0.2) is 27.7 Å². The molecule has 1 amide bonds. The summed E-state index contributed by atoms with van der Waals surface area (Å²) in [5.41, 5.74) is 3.13. The van der Waals surface area contributed by atoms with Crippen LogP contribution in [-0.2, 0) is 9.59 Å². The van der Waals surface area contributed by atoms with Crippen molar-refractivity contribution >= 4 is 28.9 Å². The first-order chi connectivity index (χ1) is 12.0. The lowest BCUT2D eigenvalue weighted by Gasteiger charge is -2.22. The predicted molar refractivity (Wildman–Crippen MR) is 97.7 cm³/mol. The van der Waals surface area contributed by atoms with E-state index in [4.69, 9.17) is 5.11 Å². The van der Waals surface area contributed by atoms with Crippen molar-refractivity contribution in [1.82, 2.24) is 5.01 Å². The Balaban J connectivity index is 1.81. The van der Waals surface area contributed by atoms with Gasteiger partial charge in [0.2, 0.25) is 5.91 Å². The second-order valence-corrected chi connectivity index (χ2v) is 7.09. The van der Waals surface area contributed by atoms with Gasteiger partial charge in [-0.05, 0) is 30.4 Å². The zero-order valence-electron chi connectivity index (χ0n) is 14.0. The molecule has 0 saturated heterocycles. The highest BCUT2D eigenvalue weighted by atomic mass is 32.1. The van der Waals surface area contributed by atoms with E-state index in [1.807, 2.05) is 48.7 Å². The summed E-state index contributed by atoms with van der Waals surface area (Å²) in [4.78, 5) is 24.4. The Morgan fingerprint density at radius 2 is 2.00 bits per heavy atom. The number of carboxylic acid groups (broad SMARTS) is 1. The topological polar surface area (TPSA) is 70.0 Å². The van der Waals surface area contributed by atoms with E-state index < -0.39 is 5.97 Å². The SMILES string of the molecule is Cc1ccc(C2CC(c3cccs3)=NN2C(=O)CCCC(=O)O)cc1. The number of nitrogens with zero attached hydrogens (tertiary/aromatic N) is 2. The van der Waals surface area contributed by atoms with E-state index in [1.165, 1.54) is 5.56 Å². The van der Waals surface area contributed by atoms with Gasteiger partial charge in [-0.2, -0.15) is 5.10 Å². The molecule has 0 aliphatic carbocycles. The summed E-state index contributed by atoms with van der Waals surface area (Å²) >= 11 is 1.61. The van der Waals surface area contributed by atoms with Gasteiger partial charge < -0.3 is 5.11 Å². The van der Waals surface area contributed by atoms with Gasteiger partial charge in [0, 0.05) is 19.3 Å². The molecular weight excluding hydrogens is 336 g/mol. The van der Waals surface area contributed by atoms with Crippen LogP contribution < -0.4 is 0 Å². The van der Waals surface area contributed by atoms with Crippen LogP contribution >= 0.6 is 11.3 Å². The Kier molecular flexibility index (Phi) is 5.28. The average molecular weight is 356 g/mol. The van der Waals surface area contributed by atoms with Crippen LogP contribution in [0.3, 0.4) is 0 Å².